The minimum absolute atomic E-state index is 0.0449. The molecule has 0 saturated heterocycles. The third kappa shape index (κ3) is 5.23. The van der Waals surface area contributed by atoms with Crippen molar-refractivity contribution in [2.24, 2.45) is 0 Å². The summed E-state index contributed by atoms with van der Waals surface area (Å²) in [6.07, 6.45) is 0. The first-order valence-electron chi connectivity index (χ1n) is 8.36. The van der Waals surface area contributed by atoms with E-state index in [4.69, 9.17) is 23.2 Å². The van der Waals surface area contributed by atoms with Crippen LogP contribution in [-0.2, 0) is 0 Å². The van der Waals surface area contributed by atoms with Gasteiger partial charge in [0.05, 0.1) is 0 Å². The molecule has 0 fully saturated rings. The molecule has 1 N–H and O–H groups in total. The Morgan fingerprint density at radius 1 is 1.00 bits per heavy atom. The van der Waals surface area contributed by atoms with Crippen molar-refractivity contribution < 1.29 is 9.59 Å². The van der Waals surface area contributed by atoms with Crippen molar-refractivity contribution in [1.29, 1.82) is 0 Å². The van der Waals surface area contributed by atoms with Crippen LogP contribution < -0.4 is 10.2 Å². The lowest BCUT2D eigenvalue weighted by molar-refractivity contribution is 0.101. The molecule has 0 bridgehead atoms. The normalized spacial score (nSPS) is 10.5. The van der Waals surface area contributed by atoms with E-state index < -0.39 is 0 Å². The second kappa shape index (κ2) is 9.60. The smallest absolute Gasteiger partial charge is 0.255 e. The fourth-order valence-electron chi connectivity index (χ4n) is 2.67. The minimum atomic E-state index is -0.233. The fourth-order valence-corrected chi connectivity index (χ4v) is 3.08. The largest absolute Gasteiger partial charge is 0.369 e. The van der Waals surface area contributed by atoms with Crippen molar-refractivity contribution in [3.05, 3.63) is 59.2 Å². The molecule has 1 amide bonds. The summed E-state index contributed by atoms with van der Waals surface area (Å²) < 4.78 is 0. The van der Waals surface area contributed by atoms with E-state index in [0.717, 1.165) is 11.3 Å². The molecule has 2 rings (SSSR count). The van der Waals surface area contributed by atoms with Gasteiger partial charge in [0.2, 0.25) is 0 Å². The molecule has 0 aliphatic heterocycles. The quantitative estimate of drug-likeness (QED) is 0.521. The highest BCUT2D eigenvalue weighted by Crippen LogP contribution is 2.23. The zero-order valence-electron chi connectivity index (χ0n) is 14.9. The molecule has 26 heavy (non-hydrogen) atoms. The van der Waals surface area contributed by atoms with E-state index >= 15 is 0 Å². The van der Waals surface area contributed by atoms with Gasteiger partial charge in [0, 0.05) is 47.4 Å². The number of carbonyl (C=O) groups excluding carboxylic acids is 2. The highest BCUT2D eigenvalue weighted by molar-refractivity contribution is 6.18. The van der Waals surface area contributed by atoms with Gasteiger partial charge >= 0.3 is 0 Å². The van der Waals surface area contributed by atoms with E-state index in [2.05, 4.69) is 10.2 Å². The second-order valence-corrected chi connectivity index (χ2v) is 6.71. The Morgan fingerprint density at radius 3 is 2.31 bits per heavy atom. The maximum Gasteiger partial charge on any atom is 0.255 e. The summed E-state index contributed by atoms with van der Waals surface area (Å²) in [6.45, 7) is 4.79. The van der Waals surface area contributed by atoms with Crippen molar-refractivity contribution in [3.8, 4) is 0 Å². The van der Waals surface area contributed by atoms with E-state index in [-0.39, 0.29) is 11.7 Å². The molecule has 0 aromatic heterocycles. The first-order valence-corrected chi connectivity index (χ1v) is 9.43. The molecule has 0 unspecified atom stereocenters. The Labute approximate surface area is 164 Å². The van der Waals surface area contributed by atoms with Crippen molar-refractivity contribution in [2.75, 3.05) is 35.1 Å². The Kier molecular flexibility index (Phi) is 7.49. The molecular weight excluding hydrogens is 371 g/mol. The topological polar surface area (TPSA) is 49.4 Å². The number of nitrogens with one attached hydrogen (secondary N) is 1. The van der Waals surface area contributed by atoms with Crippen LogP contribution in [0.15, 0.2) is 42.5 Å². The van der Waals surface area contributed by atoms with Crippen LogP contribution in [0.1, 0.15) is 33.2 Å². The molecule has 0 heterocycles. The van der Waals surface area contributed by atoms with E-state index in [1.807, 2.05) is 19.1 Å². The molecule has 4 nitrogen and oxygen atoms in total. The van der Waals surface area contributed by atoms with Gasteiger partial charge in [0.1, 0.15) is 0 Å². The number of alkyl halides is 2. The summed E-state index contributed by atoms with van der Waals surface area (Å²) in [6, 6.07) is 12.4. The number of halogens is 2. The third-order valence-corrected chi connectivity index (χ3v) is 4.39. The number of Topliss-reactive ketones (excluding diaryl/α,β-unsaturated/α-hetero) is 1. The second-order valence-electron chi connectivity index (χ2n) is 5.96. The van der Waals surface area contributed by atoms with Gasteiger partial charge < -0.3 is 10.2 Å². The minimum Gasteiger partial charge on any atom is -0.369 e. The summed E-state index contributed by atoms with van der Waals surface area (Å²) in [7, 11) is 0. The van der Waals surface area contributed by atoms with Gasteiger partial charge in [0.15, 0.2) is 5.78 Å². The van der Waals surface area contributed by atoms with Crippen LogP contribution in [0.4, 0.5) is 11.4 Å². The number of carbonyl (C=O) groups is 2. The average molecular weight is 393 g/mol. The Morgan fingerprint density at radius 2 is 1.69 bits per heavy atom. The molecule has 2 aromatic rings. The molecule has 0 aliphatic carbocycles. The van der Waals surface area contributed by atoms with Crippen LogP contribution >= 0.6 is 23.2 Å². The van der Waals surface area contributed by atoms with Gasteiger partial charge in [-0.15, -0.1) is 23.2 Å². The highest BCUT2D eigenvalue weighted by Gasteiger charge is 2.13. The molecule has 2 aromatic carbocycles. The molecule has 138 valence electrons. The number of nitrogens with zero attached hydrogens (tertiary/aromatic N) is 1. The van der Waals surface area contributed by atoms with Gasteiger partial charge in [-0.3, -0.25) is 9.59 Å². The van der Waals surface area contributed by atoms with E-state index in [0.29, 0.717) is 41.7 Å². The molecule has 6 heteroatoms. The third-order valence-electron chi connectivity index (χ3n) is 4.05. The van der Waals surface area contributed by atoms with Gasteiger partial charge in [-0.1, -0.05) is 18.2 Å². The molecule has 0 atom stereocenters. The number of ketones is 1. The molecule has 0 aliphatic rings. The number of rotatable bonds is 8. The summed E-state index contributed by atoms with van der Waals surface area (Å²) >= 11 is 11.8. The van der Waals surface area contributed by atoms with Gasteiger partial charge in [-0.2, -0.15) is 0 Å². The lowest BCUT2D eigenvalue weighted by Gasteiger charge is -2.25. The molecular formula is C20H22Cl2N2O2. The van der Waals surface area contributed by atoms with Crippen LogP contribution in [0, 0.1) is 6.92 Å². The van der Waals surface area contributed by atoms with Gasteiger partial charge in [-0.25, -0.2) is 0 Å². The number of benzene rings is 2. The van der Waals surface area contributed by atoms with Crippen LogP contribution in [0.25, 0.3) is 0 Å². The zero-order chi connectivity index (χ0) is 19.1. The van der Waals surface area contributed by atoms with Crippen LogP contribution in [0.5, 0.6) is 0 Å². The summed E-state index contributed by atoms with van der Waals surface area (Å²) in [5.74, 6) is 0.676. The Hall–Kier alpha value is -2.04. The number of hydrogen-bond acceptors (Lipinski definition) is 3. The standard InChI is InChI=1S/C20H22Cl2N2O2/c1-14-6-7-17(13-19(14)24(10-8-21)11-9-22)20(26)23-18-5-3-4-16(12-18)15(2)25/h3-7,12-13H,8-11H2,1-2H3,(H,23,26). The number of hydrogen-bond donors (Lipinski definition) is 1. The summed E-state index contributed by atoms with van der Waals surface area (Å²) in [4.78, 5) is 26.2. The number of aryl methyl sites for hydroxylation is 1. The van der Waals surface area contributed by atoms with E-state index in [9.17, 15) is 9.59 Å². The number of anilines is 2. The molecule has 0 spiro atoms. The lowest BCUT2D eigenvalue weighted by Crippen LogP contribution is -2.28. The zero-order valence-corrected chi connectivity index (χ0v) is 16.4. The van der Waals surface area contributed by atoms with Crippen LogP contribution in [0.3, 0.4) is 0 Å². The van der Waals surface area contributed by atoms with Gasteiger partial charge in [-0.05, 0) is 43.7 Å². The van der Waals surface area contributed by atoms with Crippen molar-refractivity contribution in [3.63, 3.8) is 0 Å². The van der Waals surface area contributed by atoms with Crippen LogP contribution in [0.2, 0.25) is 0 Å². The van der Waals surface area contributed by atoms with E-state index in [1.54, 1.807) is 30.3 Å². The SMILES string of the molecule is CC(=O)c1cccc(NC(=O)c2ccc(C)c(N(CCCl)CCCl)c2)c1. The maximum atomic E-state index is 12.6. The Balaban J connectivity index is 2.25. The van der Waals surface area contributed by atoms with Crippen molar-refractivity contribution in [2.45, 2.75) is 13.8 Å². The van der Waals surface area contributed by atoms with Gasteiger partial charge in [0.25, 0.3) is 5.91 Å². The Bertz CT molecular complexity index is 787. The van der Waals surface area contributed by atoms with E-state index in [1.165, 1.54) is 6.92 Å². The summed E-state index contributed by atoms with van der Waals surface area (Å²) in [5.41, 5.74) is 3.67. The predicted molar refractivity (Wildman–Crippen MR) is 109 cm³/mol. The fraction of sp³-hybridized carbons (Fsp3) is 0.300. The van der Waals surface area contributed by atoms with Crippen molar-refractivity contribution >= 4 is 46.3 Å². The number of amides is 1. The summed E-state index contributed by atoms with van der Waals surface area (Å²) in [5, 5.41) is 2.84. The van der Waals surface area contributed by atoms with Crippen molar-refractivity contribution in [1.82, 2.24) is 0 Å². The lowest BCUT2D eigenvalue weighted by atomic mass is 10.1. The first-order chi connectivity index (χ1) is 12.5. The average Bonchev–Trinajstić information content (AvgIpc) is 2.62. The monoisotopic (exact) mass is 392 g/mol. The molecule has 0 saturated carbocycles. The highest BCUT2D eigenvalue weighted by atomic mass is 35.5. The first kappa shape index (κ1) is 20.3. The molecule has 0 radical (unpaired) electrons. The predicted octanol–water partition coefficient (Wildman–Crippen LogP) is 4.73. The maximum absolute atomic E-state index is 12.6. The van der Waals surface area contributed by atoms with Crippen LogP contribution in [-0.4, -0.2) is 36.5 Å².